The summed E-state index contributed by atoms with van der Waals surface area (Å²) in [5, 5.41) is 4.24. The first-order chi connectivity index (χ1) is 16.6. The van der Waals surface area contributed by atoms with Crippen molar-refractivity contribution in [1.82, 2.24) is 14.9 Å². The topological polar surface area (TPSA) is 42.3 Å². The van der Waals surface area contributed by atoms with Gasteiger partial charge in [-0.1, -0.05) is 44.2 Å². The highest BCUT2D eigenvalue weighted by atomic mass is 32.1. The molecule has 0 radical (unpaired) electrons. The number of nitrogens with one attached hydrogen (secondary N) is 1. The Morgan fingerprint density at radius 2 is 1.71 bits per heavy atom. The smallest absolute Gasteiger partial charge is 0.174 e. The van der Waals surface area contributed by atoms with E-state index in [0.717, 1.165) is 28.5 Å². The standard InChI is InChI=1S/C28H28N4OS/c1-19(2)20-13-15-21(16-14-20)32-27(26(30-28(32)34)22-9-6-7-17-29-22)24-11-8-18-31(24)23-10-4-5-12-25(23)33-3/h4-19,26-27H,1-3H3,(H,30,34)/t26-,27-/m1/s1. The zero-order chi connectivity index (χ0) is 23.7. The minimum Gasteiger partial charge on any atom is -0.495 e. The Morgan fingerprint density at radius 3 is 2.41 bits per heavy atom. The van der Waals surface area contributed by atoms with Crippen LogP contribution in [0.5, 0.6) is 5.75 Å². The number of pyridine rings is 1. The lowest BCUT2D eigenvalue weighted by atomic mass is 9.99. The number of benzene rings is 2. The summed E-state index contributed by atoms with van der Waals surface area (Å²) in [6.45, 7) is 4.41. The van der Waals surface area contributed by atoms with Crippen LogP contribution < -0.4 is 15.0 Å². The van der Waals surface area contributed by atoms with Crippen LogP contribution in [0.1, 0.15) is 48.8 Å². The fourth-order valence-electron chi connectivity index (χ4n) is 4.64. The van der Waals surface area contributed by atoms with Gasteiger partial charge in [0.1, 0.15) is 11.8 Å². The number of hydrogen-bond acceptors (Lipinski definition) is 3. The third kappa shape index (κ3) is 3.94. The number of para-hydroxylation sites is 2. The maximum absolute atomic E-state index is 5.90. The SMILES string of the molecule is COc1ccccc1-n1cccc1[C@@H]1[C@@H](c2ccccn2)NC(=S)N1c1ccc(C(C)C)cc1. The molecule has 0 bridgehead atoms. The van der Waals surface area contributed by atoms with Crippen LogP contribution in [0, 0.1) is 0 Å². The van der Waals surface area contributed by atoms with E-state index in [2.05, 4.69) is 88.3 Å². The zero-order valence-electron chi connectivity index (χ0n) is 19.6. The van der Waals surface area contributed by atoms with Gasteiger partial charge in [0.05, 0.1) is 24.5 Å². The highest BCUT2D eigenvalue weighted by Crippen LogP contribution is 2.43. The highest BCUT2D eigenvalue weighted by molar-refractivity contribution is 7.80. The summed E-state index contributed by atoms with van der Waals surface area (Å²) in [4.78, 5) is 6.88. The van der Waals surface area contributed by atoms with Crippen LogP contribution in [0.3, 0.4) is 0 Å². The molecule has 1 saturated heterocycles. The van der Waals surface area contributed by atoms with E-state index in [-0.39, 0.29) is 12.1 Å². The molecule has 1 fully saturated rings. The van der Waals surface area contributed by atoms with E-state index in [4.69, 9.17) is 17.0 Å². The summed E-state index contributed by atoms with van der Waals surface area (Å²) in [5.41, 5.74) is 5.39. The molecule has 34 heavy (non-hydrogen) atoms. The first kappa shape index (κ1) is 22.2. The number of aromatic nitrogens is 2. The zero-order valence-corrected chi connectivity index (χ0v) is 20.4. The molecule has 1 aliphatic heterocycles. The lowest BCUT2D eigenvalue weighted by molar-refractivity contribution is 0.412. The second-order valence-electron chi connectivity index (χ2n) is 8.72. The van der Waals surface area contributed by atoms with E-state index in [9.17, 15) is 0 Å². The van der Waals surface area contributed by atoms with Crippen LogP contribution in [-0.2, 0) is 0 Å². The number of anilines is 1. The summed E-state index contributed by atoms with van der Waals surface area (Å²) < 4.78 is 7.86. The fraction of sp³-hybridized carbons (Fsp3) is 0.214. The van der Waals surface area contributed by atoms with Crippen LogP contribution in [-0.4, -0.2) is 21.8 Å². The van der Waals surface area contributed by atoms with E-state index in [1.807, 2.05) is 36.5 Å². The molecule has 0 spiro atoms. The van der Waals surface area contributed by atoms with Gasteiger partial charge in [-0.15, -0.1) is 0 Å². The van der Waals surface area contributed by atoms with Crippen molar-refractivity contribution in [1.29, 1.82) is 0 Å². The van der Waals surface area contributed by atoms with Gasteiger partial charge in [0.2, 0.25) is 0 Å². The van der Waals surface area contributed by atoms with Crippen LogP contribution in [0.2, 0.25) is 0 Å². The van der Waals surface area contributed by atoms with Crippen molar-refractivity contribution in [2.24, 2.45) is 0 Å². The molecule has 1 N–H and O–H groups in total. The number of methoxy groups -OCH3 is 1. The van der Waals surface area contributed by atoms with Crippen molar-refractivity contribution in [3.8, 4) is 11.4 Å². The van der Waals surface area contributed by atoms with Crippen LogP contribution >= 0.6 is 12.2 Å². The first-order valence-electron chi connectivity index (χ1n) is 11.5. The van der Waals surface area contributed by atoms with Gasteiger partial charge in [0.25, 0.3) is 0 Å². The van der Waals surface area contributed by atoms with E-state index < -0.39 is 0 Å². The fourth-order valence-corrected chi connectivity index (χ4v) is 4.98. The minimum atomic E-state index is -0.109. The Balaban J connectivity index is 1.66. The molecule has 1 aliphatic rings. The van der Waals surface area contributed by atoms with Gasteiger partial charge in [-0.05, 0) is 72.2 Å². The van der Waals surface area contributed by atoms with Crippen molar-refractivity contribution < 1.29 is 4.74 Å². The number of rotatable bonds is 6. The third-order valence-corrected chi connectivity index (χ3v) is 6.68. The second kappa shape index (κ2) is 9.31. The maximum Gasteiger partial charge on any atom is 0.174 e. The average molecular weight is 469 g/mol. The Bertz CT molecular complexity index is 1280. The molecule has 0 amide bonds. The molecule has 172 valence electrons. The number of nitrogens with zero attached hydrogens (tertiary/aromatic N) is 3. The number of ether oxygens (including phenoxy) is 1. The quantitative estimate of drug-likeness (QED) is 0.342. The van der Waals surface area contributed by atoms with Gasteiger partial charge in [-0.2, -0.15) is 0 Å². The molecule has 2 aromatic carbocycles. The summed E-state index contributed by atoms with van der Waals surface area (Å²) in [6.07, 6.45) is 3.90. The minimum absolute atomic E-state index is 0.104. The first-order valence-corrected chi connectivity index (χ1v) is 11.9. The Labute approximate surface area is 206 Å². The summed E-state index contributed by atoms with van der Waals surface area (Å²) >= 11 is 5.90. The van der Waals surface area contributed by atoms with Gasteiger partial charge < -0.3 is 19.5 Å². The van der Waals surface area contributed by atoms with Crippen LogP contribution in [0.15, 0.2) is 91.3 Å². The molecule has 5 rings (SSSR count). The summed E-state index contributed by atoms with van der Waals surface area (Å²) in [5.74, 6) is 1.29. The lowest BCUT2D eigenvalue weighted by Gasteiger charge is -2.29. The van der Waals surface area contributed by atoms with Crippen molar-refractivity contribution in [2.45, 2.75) is 31.8 Å². The molecule has 0 unspecified atom stereocenters. The van der Waals surface area contributed by atoms with E-state index in [1.165, 1.54) is 5.56 Å². The Morgan fingerprint density at radius 1 is 0.941 bits per heavy atom. The number of hydrogen-bond donors (Lipinski definition) is 1. The molecule has 5 nitrogen and oxygen atoms in total. The molecular formula is C28H28N4OS. The van der Waals surface area contributed by atoms with E-state index in [0.29, 0.717) is 11.0 Å². The van der Waals surface area contributed by atoms with Crippen molar-refractivity contribution >= 4 is 23.0 Å². The predicted molar refractivity (Wildman–Crippen MR) is 141 cm³/mol. The van der Waals surface area contributed by atoms with Crippen LogP contribution in [0.4, 0.5) is 5.69 Å². The molecule has 2 aromatic heterocycles. The molecule has 3 heterocycles. The molecule has 0 saturated carbocycles. The Kier molecular flexibility index (Phi) is 6.07. The molecule has 0 aliphatic carbocycles. The molecule has 6 heteroatoms. The largest absolute Gasteiger partial charge is 0.495 e. The van der Waals surface area contributed by atoms with Gasteiger partial charge in [-0.3, -0.25) is 4.98 Å². The average Bonchev–Trinajstić information content (AvgIpc) is 3.48. The number of thiocarbonyl (C=S) groups is 1. The van der Waals surface area contributed by atoms with Crippen molar-refractivity contribution in [2.75, 3.05) is 12.0 Å². The second-order valence-corrected chi connectivity index (χ2v) is 9.10. The molecule has 2 atom stereocenters. The monoisotopic (exact) mass is 468 g/mol. The van der Waals surface area contributed by atoms with Crippen molar-refractivity contribution in [3.05, 3.63) is 108 Å². The van der Waals surface area contributed by atoms with Gasteiger partial charge >= 0.3 is 0 Å². The maximum atomic E-state index is 5.90. The van der Waals surface area contributed by atoms with Gasteiger partial charge in [-0.25, -0.2) is 0 Å². The Hall–Kier alpha value is -3.64. The summed E-state index contributed by atoms with van der Waals surface area (Å²) in [6, 6.07) is 26.8. The van der Waals surface area contributed by atoms with E-state index in [1.54, 1.807) is 7.11 Å². The van der Waals surface area contributed by atoms with Gasteiger partial charge in [0.15, 0.2) is 5.11 Å². The van der Waals surface area contributed by atoms with Gasteiger partial charge in [0, 0.05) is 23.8 Å². The highest BCUT2D eigenvalue weighted by Gasteiger charge is 2.42. The van der Waals surface area contributed by atoms with Crippen molar-refractivity contribution in [3.63, 3.8) is 0 Å². The lowest BCUT2D eigenvalue weighted by Crippen LogP contribution is -2.30. The molecule has 4 aromatic rings. The normalized spacial score (nSPS) is 17.8. The summed E-state index contributed by atoms with van der Waals surface area (Å²) in [7, 11) is 1.70. The van der Waals surface area contributed by atoms with E-state index >= 15 is 0 Å². The van der Waals surface area contributed by atoms with Crippen LogP contribution in [0.25, 0.3) is 5.69 Å². The third-order valence-electron chi connectivity index (χ3n) is 6.36. The predicted octanol–water partition coefficient (Wildman–Crippen LogP) is 6.18. The molecular weight excluding hydrogens is 440 g/mol.